The van der Waals surface area contributed by atoms with Crippen LogP contribution in [0.15, 0.2) is 30.3 Å². The van der Waals surface area contributed by atoms with Gasteiger partial charge in [0.2, 0.25) is 5.79 Å². The van der Waals surface area contributed by atoms with Crippen molar-refractivity contribution < 1.29 is 9.84 Å². The van der Waals surface area contributed by atoms with Gasteiger partial charge < -0.3 is 15.2 Å². The van der Waals surface area contributed by atoms with E-state index in [4.69, 9.17) is 4.74 Å². The topological polar surface area (TPSA) is 41.5 Å². The third kappa shape index (κ3) is 1.98. The molecule has 1 aliphatic heterocycles. The predicted octanol–water partition coefficient (Wildman–Crippen LogP) is 1.62. The number of hydrogen-bond acceptors (Lipinski definition) is 3. The van der Waals surface area contributed by atoms with Crippen LogP contribution in [0, 0.1) is 0 Å². The zero-order valence-corrected chi connectivity index (χ0v) is 10.0. The van der Waals surface area contributed by atoms with Crippen LogP contribution >= 0.6 is 0 Å². The van der Waals surface area contributed by atoms with E-state index in [1.807, 2.05) is 37.3 Å². The summed E-state index contributed by atoms with van der Waals surface area (Å²) in [5.74, 6) is -1.23. The van der Waals surface area contributed by atoms with Crippen LogP contribution < -0.4 is 5.32 Å². The molecular formula is C13H19NO2. The first kappa shape index (κ1) is 11.6. The van der Waals surface area contributed by atoms with Gasteiger partial charge >= 0.3 is 0 Å². The van der Waals surface area contributed by atoms with Crippen LogP contribution in [0.5, 0.6) is 0 Å². The van der Waals surface area contributed by atoms with Crippen LogP contribution in [0.25, 0.3) is 0 Å². The highest BCUT2D eigenvalue weighted by Gasteiger charge is 2.44. The van der Waals surface area contributed by atoms with E-state index in [0.29, 0.717) is 6.61 Å². The maximum Gasteiger partial charge on any atom is 0.208 e. The van der Waals surface area contributed by atoms with E-state index < -0.39 is 5.79 Å². The number of morpholine rings is 1. The summed E-state index contributed by atoms with van der Waals surface area (Å²) in [7, 11) is 0. The molecule has 0 saturated carbocycles. The highest BCUT2D eigenvalue weighted by atomic mass is 16.6. The summed E-state index contributed by atoms with van der Waals surface area (Å²) >= 11 is 0. The van der Waals surface area contributed by atoms with Gasteiger partial charge in [-0.25, -0.2) is 0 Å². The third-order valence-corrected chi connectivity index (χ3v) is 3.03. The molecule has 0 aromatic heterocycles. The first-order valence-corrected chi connectivity index (χ1v) is 5.64. The van der Waals surface area contributed by atoms with Crippen LogP contribution in [0.4, 0.5) is 0 Å². The van der Waals surface area contributed by atoms with Gasteiger partial charge in [-0.15, -0.1) is 0 Å². The SMILES string of the molecule is C[C@@H]1NC(C)(C)CO[C@@]1(O)c1ccccc1. The molecule has 3 heteroatoms. The maximum absolute atomic E-state index is 10.6. The summed E-state index contributed by atoms with van der Waals surface area (Å²) in [6, 6.07) is 9.37. The zero-order valence-electron chi connectivity index (χ0n) is 10.0. The molecule has 2 rings (SSSR count). The number of aliphatic hydroxyl groups is 1. The quantitative estimate of drug-likeness (QED) is 0.757. The fourth-order valence-corrected chi connectivity index (χ4v) is 2.15. The largest absolute Gasteiger partial charge is 0.361 e. The first-order chi connectivity index (χ1) is 7.44. The van der Waals surface area contributed by atoms with Gasteiger partial charge in [-0.2, -0.15) is 0 Å². The normalized spacial score (nSPS) is 33.6. The van der Waals surface area contributed by atoms with E-state index in [1.54, 1.807) is 0 Å². The van der Waals surface area contributed by atoms with Crippen molar-refractivity contribution in [3.05, 3.63) is 35.9 Å². The van der Waals surface area contributed by atoms with E-state index in [2.05, 4.69) is 19.2 Å². The number of hydrogen-bond donors (Lipinski definition) is 2. The van der Waals surface area contributed by atoms with Gasteiger partial charge in [0, 0.05) is 11.1 Å². The van der Waals surface area contributed by atoms with Crippen molar-refractivity contribution in [3.8, 4) is 0 Å². The summed E-state index contributed by atoms with van der Waals surface area (Å²) in [6.45, 7) is 6.55. The monoisotopic (exact) mass is 221 g/mol. The number of ether oxygens (including phenoxy) is 1. The second-order valence-corrected chi connectivity index (χ2v) is 5.10. The summed E-state index contributed by atoms with van der Waals surface area (Å²) in [5.41, 5.74) is 0.700. The number of benzene rings is 1. The molecule has 1 saturated heterocycles. The highest BCUT2D eigenvalue weighted by molar-refractivity contribution is 5.22. The van der Waals surface area contributed by atoms with Gasteiger partial charge in [0.05, 0.1) is 12.6 Å². The first-order valence-electron chi connectivity index (χ1n) is 5.64. The average Bonchev–Trinajstić information content (AvgIpc) is 2.25. The standard InChI is InChI=1S/C13H19NO2/c1-10-13(15,11-7-5-4-6-8-11)16-9-12(2,3)14-10/h4-8,10,14-15H,9H2,1-3H3/t10-,13+/m0/s1. The molecule has 0 unspecified atom stereocenters. The Morgan fingerprint density at radius 2 is 1.94 bits per heavy atom. The summed E-state index contributed by atoms with van der Waals surface area (Å²) in [6.07, 6.45) is 0. The minimum atomic E-state index is -1.23. The molecule has 2 N–H and O–H groups in total. The molecule has 3 nitrogen and oxygen atoms in total. The molecule has 0 radical (unpaired) electrons. The van der Waals surface area contributed by atoms with E-state index in [-0.39, 0.29) is 11.6 Å². The number of rotatable bonds is 1. The molecule has 1 aromatic rings. The van der Waals surface area contributed by atoms with Gasteiger partial charge in [0.15, 0.2) is 0 Å². The number of nitrogens with one attached hydrogen (secondary N) is 1. The lowest BCUT2D eigenvalue weighted by Gasteiger charge is -2.46. The lowest BCUT2D eigenvalue weighted by molar-refractivity contribution is -0.263. The van der Waals surface area contributed by atoms with Crippen LogP contribution in [-0.4, -0.2) is 23.3 Å². The molecule has 1 aliphatic rings. The van der Waals surface area contributed by atoms with Crippen molar-refractivity contribution in [2.75, 3.05) is 6.61 Å². The maximum atomic E-state index is 10.6. The second kappa shape index (κ2) is 3.84. The summed E-state index contributed by atoms with van der Waals surface area (Å²) in [5, 5.41) is 13.9. The molecule has 2 atom stereocenters. The van der Waals surface area contributed by atoms with Crippen molar-refractivity contribution in [1.82, 2.24) is 5.32 Å². The van der Waals surface area contributed by atoms with E-state index >= 15 is 0 Å². The van der Waals surface area contributed by atoms with Crippen LogP contribution in [0.1, 0.15) is 26.3 Å². The predicted molar refractivity (Wildman–Crippen MR) is 63.0 cm³/mol. The molecular weight excluding hydrogens is 202 g/mol. The summed E-state index contributed by atoms with van der Waals surface area (Å²) < 4.78 is 5.67. The van der Waals surface area contributed by atoms with Crippen molar-refractivity contribution in [2.45, 2.75) is 38.1 Å². The van der Waals surface area contributed by atoms with Gasteiger partial charge in [-0.1, -0.05) is 30.3 Å². The molecule has 1 heterocycles. The van der Waals surface area contributed by atoms with Crippen molar-refractivity contribution >= 4 is 0 Å². The molecule has 1 fully saturated rings. The Kier molecular flexibility index (Phi) is 2.78. The minimum absolute atomic E-state index is 0.0968. The molecule has 0 bridgehead atoms. The Labute approximate surface area is 96.4 Å². The van der Waals surface area contributed by atoms with Crippen molar-refractivity contribution in [2.24, 2.45) is 0 Å². The van der Waals surface area contributed by atoms with Gasteiger partial charge in [0.25, 0.3) is 0 Å². The molecule has 0 amide bonds. The Bertz CT molecular complexity index is 363. The molecule has 88 valence electrons. The molecule has 0 spiro atoms. The van der Waals surface area contributed by atoms with Gasteiger partial charge in [0.1, 0.15) is 0 Å². The fourth-order valence-electron chi connectivity index (χ4n) is 2.15. The third-order valence-electron chi connectivity index (χ3n) is 3.03. The fraction of sp³-hybridized carbons (Fsp3) is 0.538. The lowest BCUT2D eigenvalue weighted by Crippen LogP contribution is -2.63. The Morgan fingerprint density at radius 3 is 2.50 bits per heavy atom. The van der Waals surface area contributed by atoms with E-state index in [1.165, 1.54) is 0 Å². The Balaban J connectivity index is 2.27. The van der Waals surface area contributed by atoms with Gasteiger partial charge in [-0.05, 0) is 20.8 Å². The molecule has 1 aromatic carbocycles. The molecule has 16 heavy (non-hydrogen) atoms. The van der Waals surface area contributed by atoms with Crippen molar-refractivity contribution in [3.63, 3.8) is 0 Å². The average molecular weight is 221 g/mol. The van der Waals surface area contributed by atoms with Crippen LogP contribution in [0.2, 0.25) is 0 Å². The Morgan fingerprint density at radius 1 is 1.31 bits per heavy atom. The van der Waals surface area contributed by atoms with Crippen LogP contribution in [-0.2, 0) is 10.5 Å². The van der Waals surface area contributed by atoms with Gasteiger partial charge in [-0.3, -0.25) is 0 Å². The highest BCUT2D eigenvalue weighted by Crippen LogP contribution is 2.32. The van der Waals surface area contributed by atoms with E-state index in [9.17, 15) is 5.11 Å². The minimum Gasteiger partial charge on any atom is -0.361 e. The summed E-state index contributed by atoms with van der Waals surface area (Å²) in [4.78, 5) is 0. The lowest BCUT2D eigenvalue weighted by atomic mass is 9.93. The Hall–Kier alpha value is -0.900. The van der Waals surface area contributed by atoms with Crippen molar-refractivity contribution in [1.29, 1.82) is 0 Å². The smallest absolute Gasteiger partial charge is 0.208 e. The van der Waals surface area contributed by atoms with Crippen LogP contribution in [0.3, 0.4) is 0 Å². The second-order valence-electron chi connectivity index (χ2n) is 5.10. The van der Waals surface area contributed by atoms with E-state index in [0.717, 1.165) is 5.56 Å². The zero-order chi connectivity index (χ0) is 11.8. The molecule has 0 aliphatic carbocycles.